The molecule has 2 aliphatic rings. The molecule has 0 bridgehead atoms. The summed E-state index contributed by atoms with van der Waals surface area (Å²) in [5.41, 5.74) is 3.07. The average molecular weight is 152 g/mol. The summed E-state index contributed by atoms with van der Waals surface area (Å²) in [6.45, 7) is 6.39. The van der Waals surface area contributed by atoms with Crippen LogP contribution in [0.1, 0.15) is 19.3 Å². The van der Waals surface area contributed by atoms with E-state index in [4.69, 9.17) is 0 Å². The van der Waals surface area contributed by atoms with E-state index in [0.717, 1.165) is 0 Å². The highest BCUT2D eigenvalue weighted by Crippen LogP contribution is 2.57. The first-order valence-corrected chi connectivity index (χ1v) is 5.88. The Morgan fingerprint density at radius 2 is 2.20 bits per heavy atom. The second kappa shape index (κ2) is 2.20. The Morgan fingerprint density at radius 1 is 1.50 bits per heavy atom. The molecule has 2 fully saturated rings. The third-order valence-electron chi connectivity index (χ3n) is 2.41. The lowest BCUT2D eigenvalue weighted by Gasteiger charge is -2.02. The molecule has 0 aromatic rings. The fourth-order valence-electron chi connectivity index (χ4n) is 1.67. The molecule has 0 amide bonds. The van der Waals surface area contributed by atoms with Crippen LogP contribution < -0.4 is 0 Å². The summed E-state index contributed by atoms with van der Waals surface area (Å²) in [7, 11) is 0.287. The summed E-state index contributed by atoms with van der Waals surface area (Å²) >= 11 is 0. The molecule has 1 unspecified atom stereocenters. The van der Waals surface area contributed by atoms with Crippen LogP contribution in [0.2, 0.25) is 0 Å². The van der Waals surface area contributed by atoms with Crippen molar-refractivity contribution < 1.29 is 0 Å². The van der Waals surface area contributed by atoms with E-state index in [0.29, 0.717) is 0 Å². The van der Waals surface area contributed by atoms with Gasteiger partial charge in [-0.15, -0.1) is 0 Å². The van der Waals surface area contributed by atoms with Gasteiger partial charge in [0, 0.05) is 0 Å². The Labute approximate surface area is 63.8 Å². The van der Waals surface area contributed by atoms with Crippen molar-refractivity contribution in [2.75, 3.05) is 12.8 Å². The van der Waals surface area contributed by atoms with Gasteiger partial charge in [-0.1, -0.05) is 14.5 Å². The zero-order valence-corrected chi connectivity index (χ0v) is 7.38. The molecule has 10 heavy (non-hydrogen) atoms. The highest BCUT2D eigenvalue weighted by Gasteiger charge is 2.28. The molecular weight excluding hydrogens is 139 g/mol. The van der Waals surface area contributed by atoms with Crippen LogP contribution in [0.25, 0.3) is 0 Å². The first-order valence-electron chi connectivity index (χ1n) is 3.90. The van der Waals surface area contributed by atoms with Gasteiger partial charge in [0.1, 0.15) is 0 Å². The number of hydrogen-bond donors (Lipinski definition) is 0. The molecule has 0 radical (unpaired) electrons. The first kappa shape index (κ1) is 6.61. The molecule has 0 aromatic carbocycles. The van der Waals surface area contributed by atoms with Crippen LogP contribution in [0.15, 0.2) is 23.0 Å². The zero-order chi connectivity index (χ0) is 7.14. The Balaban J connectivity index is 2.25. The van der Waals surface area contributed by atoms with Gasteiger partial charge in [0.2, 0.25) is 0 Å². The molecule has 0 spiro atoms. The lowest BCUT2D eigenvalue weighted by Crippen LogP contribution is -1.68. The topological polar surface area (TPSA) is 0 Å². The third-order valence-corrected chi connectivity index (χ3v) is 4.81. The molecule has 1 saturated heterocycles. The van der Waals surface area contributed by atoms with Crippen molar-refractivity contribution >= 4 is 7.92 Å². The fraction of sp³-hybridized carbons (Fsp3) is 0.556. The largest absolute Gasteiger partial charge is 0.0952 e. The monoisotopic (exact) mass is 152 g/mol. The second-order valence-corrected chi connectivity index (χ2v) is 5.61. The van der Waals surface area contributed by atoms with Gasteiger partial charge in [0.15, 0.2) is 0 Å². The van der Waals surface area contributed by atoms with Crippen molar-refractivity contribution in [3.05, 3.63) is 23.0 Å². The minimum absolute atomic E-state index is 0.287. The summed E-state index contributed by atoms with van der Waals surface area (Å²) in [5.74, 6) is 0. The average Bonchev–Trinajstić information content (AvgIpc) is 2.42. The normalized spacial score (nSPS) is 38.9. The van der Waals surface area contributed by atoms with Crippen LogP contribution >= 0.6 is 7.92 Å². The molecule has 1 aliphatic heterocycles. The van der Waals surface area contributed by atoms with Crippen LogP contribution in [0.4, 0.5) is 0 Å². The molecule has 2 rings (SSSR count). The molecule has 1 aliphatic carbocycles. The summed E-state index contributed by atoms with van der Waals surface area (Å²) < 4.78 is 0. The maximum absolute atomic E-state index is 3.98. The van der Waals surface area contributed by atoms with Crippen molar-refractivity contribution in [1.82, 2.24) is 0 Å². The lowest BCUT2D eigenvalue weighted by atomic mass is 10.3. The Hall–Kier alpha value is -0.0900. The minimum Gasteiger partial charge on any atom is -0.0952 e. The molecule has 54 valence electrons. The highest BCUT2D eigenvalue weighted by atomic mass is 31.1. The summed E-state index contributed by atoms with van der Waals surface area (Å²) in [6.07, 6.45) is 5.54. The molecular formula is C9H13P. The highest BCUT2D eigenvalue weighted by molar-refractivity contribution is 7.61. The van der Waals surface area contributed by atoms with Gasteiger partial charge in [-0.05, 0) is 48.5 Å². The maximum Gasteiger partial charge on any atom is -0.00229 e. The number of rotatable bonds is 0. The van der Waals surface area contributed by atoms with Gasteiger partial charge in [-0.2, -0.15) is 0 Å². The van der Waals surface area contributed by atoms with Crippen molar-refractivity contribution in [3.63, 3.8) is 0 Å². The smallest absolute Gasteiger partial charge is 0.00229 e. The minimum atomic E-state index is 0.287. The van der Waals surface area contributed by atoms with Gasteiger partial charge < -0.3 is 0 Å². The van der Waals surface area contributed by atoms with Crippen molar-refractivity contribution in [3.8, 4) is 0 Å². The fourth-order valence-corrected chi connectivity index (χ4v) is 3.81. The lowest BCUT2D eigenvalue weighted by molar-refractivity contribution is 0.992. The van der Waals surface area contributed by atoms with E-state index >= 15 is 0 Å². The molecule has 1 heteroatoms. The van der Waals surface area contributed by atoms with E-state index in [2.05, 4.69) is 13.2 Å². The summed E-state index contributed by atoms with van der Waals surface area (Å²) in [4.78, 5) is 0. The number of hydrogen-bond acceptors (Lipinski definition) is 0. The Kier molecular flexibility index (Phi) is 1.46. The van der Waals surface area contributed by atoms with Crippen molar-refractivity contribution in [1.29, 1.82) is 0 Å². The van der Waals surface area contributed by atoms with Crippen molar-refractivity contribution in [2.45, 2.75) is 19.3 Å². The van der Waals surface area contributed by atoms with E-state index in [9.17, 15) is 0 Å². The molecule has 1 atom stereocenters. The molecule has 1 heterocycles. The summed E-state index contributed by atoms with van der Waals surface area (Å²) in [5, 5.41) is 1.79. The predicted molar refractivity (Wildman–Crippen MR) is 47.7 cm³/mol. The Bertz CT molecular complexity index is 213. The van der Waals surface area contributed by atoms with E-state index < -0.39 is 0 Å². The maximum atomic E-state index is 3.98. The standard InChI is InChI=1S/C9H13P/c1-7-6-8(7)9-4-3-5-10(9)2/h1,3-6H2,2H3/b9-8+. The molecule has 1 saturated carbocycles. The van der Waals surface area contributed by atoms with E-state index in [-0.39, 0.29) is 7.92 Å². The zero-order valence-electron chi connectivity index (χ0n) is 6.48. The quantitative estimate of drug-likeness (QED) is 0.468. The Morgan fingerprint density at radius 3 is 2.60 bits per heavy atom. The van der Waals surface area contributed by atoms with E-state index in [1.807, 2.05) is 0 Å². The number of allylic oxidation sites excluding steroid dienone is 3. The molecule has 0 nitrogen and oxygen atoms in total. The van der Waals surface area contributed by atoms with Crippen LogP contribution in [-0.4, -0.2) is 12.8 Å². The van der Waals surface area contributed by atoms with Gasteiger partial charge in [-0.3, -0.25) is 0 Å². The van der Waals surface area contributed by atoms with E-state index in [1.54, 1.807) is 10.9 Å². The van der Waals surface area contributed by atoms with Crippen LogP contribution in [0, 0.1) is 0 Å². The first-order chi connectivity index (χ1) is 4.79. The van der Waals surface area contributed by atoms with Crippen molar-refractivity contribution in [2.24, 2.45) is 0 Å². The van der Waals surface area contributed by atoms with Crippen LogP contribution in [-0.2, 0) is 0 Å². The van der Waals surface area contributed by atoms with Gasteiger partial charge in [0.05, 0.1) is 0 Å². The predicted octanol–water partition coefficient (Wildman–Crippen LogP) is 3.11. The van der Waals surface area contributed by atoms with E-state index in [1.165, 1.54) is 31.0 Å². The van der Waals surface area contributed by atoms with Crippen LogP contribution in [0.5, 0.6) is 0 Å². The second-order valence-electron chi connectivity index (χ2n) is 3.23. The van der Waals surface area contributed by atoms with Gasteiger partial charge in [-0.25, -0.2) is 0 Å². The van der Waals surface area contributed by atoms with Gasteiger partial charge in [0.25, 0.3) is 0 Å². The molecule has 0 N–H and O–H groups in total. The summed E-state index contributed by atoms with van der Waals surface area (Å²) in [6, 6.07) is 0. The molecule has 0 aromatic heterocycles. The SMILES string of the molecule is C=C1C/C1=C1/CCCP1C. The third kappa shape index (κ3) is 0.953. The van der Waals surface area contributed by atoms with Crippen LogP contribution in [0.3, 0.4) is 0 Å². The van der Waals surface area contributed by atoms with Gasteiger partial charge >= 0.3 is 0 Å².